The van der Waals surface area contributed by atoms with Crippen LogP contribution in [0.5, 0.6) is 0 Å². The zero-order valence-electron chi connectivity index (χ0n) is 35.6. The fourth-order valence-corrected chi connectivity index (χ4v) is 10.0. The van der Waals surface area contributed by atoms with Crippen LogP contribution in [0.4, 0.5) is 15.5 Å². The highest BCUT2D eigenvalue weighted by Gasteiger charge is 2.48. The quantitative estimate of drug-likeness (QED) is 0.0836. The number of aryl methyl sites for hydroxylation is 1. The number of amides is 2. The Morgan fingerprint density at radius 1 is 0.968 bits per heavy atom. The van der Waals surface area contributed by atoms with Crippen molar-refractivity contribution in [2.24, 2.45) is 5.92 Å². The van der Waals surface area contributed by atoms with Crippen molar-refractivity contribution in [3.8, 4) is 12.3 Å². The van der Waals surface area contributed by atoms with Crippen LogP contribution in [0.25, 0.3) is 16.5 Å². The van der Waals surface area contributed by atoms with Crippen LogP contribution in [-0.4, -0.2) is 117 Å². The molecule has 328 valence electrons. The van der Waals surface area contributed by atoms with Gasteiger partial charge in [-0.15, -0.1) is 12.3 Å². The van der Waals surface area contributed by atoms with Crippen molar-refractivity contribution in [1.29, 1.82) is 0 Å². The van der Waals surface area contributed by atoms with Crippen LogP contribution < -0.4 is 4.90 Å². The summed E-state index contributed by atoms with van der Waals surface area (Å²) >= 11 is 0. The number of aliphatic hydroxyl groups is 1. The van der Waals surface area contributed by atoms with E-state index in [0.29, 0.717) is 65.2 Å². The number of fused-ring (bicyclic) bond motifs is 2. The largest absolute Gasteiger partial charge is 0.465 e. The van der Waals surface area contributed by atoms with Crippen molar-refractivity contribution in [1.82, 2.24) is 28.6 Å². The molecule has 3 atom stereocenters. The fraction of sp³-hybridized carbons (Fsp3) is 0.362. The molecule has 0 spiro atoms. The molecular formula is C47H51N7O8S. The Morgan fingerprint density at radius 2 is 1.67 bits per heavy atom. The number of anilines is 1. The average molecular weight is 874 g/mol. The van der Waals surface area contributed by atoms with E-state index in [9.17, 15) is 33.3 Å². The van der Waals surface area contributed by atoms with E-state index in [0.717, 1.165) is 37.7 Å². The summed E-state index contributed by atoms with van der Waals surface area (Å²) in [7, 11) is 0.372. The first kappa shape index (κ1) is 43.2. The molecule has 4 heterocycles. The summed E-state index contributed by atoms with van der Waals surface area (Å²) in [5, 5.41) is 32.9. The number of benzene rings is 3. The Morgan fingerprint density at radius 3 is 2.30 bits per heavy atom. The summed E-state index contributed by atoms with van der Waals surface area (Å²) in [6, 6.07) is 23.5. The zero-order valence-corrected chi connectivity index (χ0v) is 36.4. The van der Waals surface area contributed by atoms with Gasteiger partial charge in [-0.2, -0.15) is 0 Å². The molecule has 5 aromatic rings. The third-order valence-electron chi connectivity index (χ3n) is 12.4. The Bertz CT molecular complexity index is 2720. The minimum atomic E-state index is -4.10. The molecule has 2 fully saturated rings. The van der Waals surface area contributed by atoms with E-state index in [1.165, 1.54) is 20.3 Å². The standard InChI is InChI=1S/C47H51N7O8S/c1-6-31-20-23-53(24-21-31)44-48-40-19-14-33(39-28-50(3)43(55)42-36(39)22-25-54(42)63(60,61)35-17-12-30(2)13-18-35)26-37(40)41(49-44)38(32-10-8-7-9-11-32)27-47(52(5)46(58)59,62-34-15-16-34)29-51(4)45(56)57/h1,7-14,17-19,22,25-26,28,31,34,38,43,55H,15-16,20-21,23-24,27,29H2,2-5H3,(H,56,57)(H,58,59). The highest BCUT2D eigenvalue weighted by Crippen LogP contribution is 2.44. The second kappa shape index (κ2) is 17.0. The number of carbonyl (C=O) groups is 2. The molecule has 1 saturated carbocycles. The van der Waals surface area contributed by atoms with Gasteiger partial charge in [-0.25, -0.2) is 31.9 Å². The van der Waals surface area contributed by atoms with Gasteiger partial charge in [0, 0.05) is 81.4 Å². The lowest BCUT2D eigenvalue weighted by atomic mass is 9.84. The number of hydrogen-bond donors (Lipinski definition) is 3. The SMILES string of the molecule is C#CC1CCN(c2nc(C(CC(CN(C)C(=O)O)(OC3CC3)N(C)C(=O)O)c3ccccc3)c3cc(C4=CN(C)C(O)c5c4ccn5S(=O)(=O)c4ccc(C)cc4)ccc3n2)CC1. The van der Waals surface area contributed by atoms with Crippen molar-refractivity contribution < 1.29 is 38.1 Å². The summed E-state index contributed by atoms with van der Waals surface area (Å²) in [6.07, 6.45) is 7.88. The maximum Gasteiger partial charge on any atom is 0.409 e. The average Bonchev–Trinajstić information content (AvgIpc) is 3.98. The molecule has 3 aromatic carbocycles. The molecular weight excluding hydrogens is 823 g/mol. The zero-order chi connectivity index (χ0) is 44.8. The smallest absolute Gasteiger partial charge is 0.409 e. The van der Waals surface area contributed by atoms with E-state index in [1.807, 2.05) is 55.5 Å². The van der Waals surface area contributed by atoms with E-state index in [4.69, 9.17) is 21.1 Å². The van der Waals surface area contributed by atoms with Gasteiger partial charge in [-0.05, 0) is 74.1 Å². The lowest BCUT2D eigenvalue weighted by molar-refractivity contribution is -0.156. The van der Waals surface area contributed by atoms with E-state index in [1.54, 1.807) is 48.5 Å². The maximum absolute atomic E-state index is 14.1. The molecule has 2 aromatic heterocycles. The highest BCUT2D eigenvalue weighted by molar-refractivity contribution is 7.90. The summed E-state index contributed by atoms with van der Waals surface area (Å²) < 4.78 is 36.0. The molecule has 63 heavy (non-hydrogen) atoms. The molecule has 3 unspecified atom stereocenters. The minimum absolute atomic E-state index is 0.00955. The van der Waals surface area contributed by atoms with Crippen molar-refractivity contribution >= 4 is 44.6 Å². The first-order valence-corrected chi connectivity index (χ1v) is 22.4. The molecule has 15 nitrogen and oxygen atoms in total. The van der Waals surface area contributed by atoms with E-state index in [-0.39, 0.29) is 35.6 Å². The molecule has 1 saturated heterocycles. The van der Waals surface area contributed by atoms with Gasteiger partial charge in [0.2, 0.25) is 5.95 Å². The Labute approximate surface area is 366 Å². The predicted octanol–water partition coefficient (Wildman–Crippen LogP) is 6.77. The Balaban J connectivity index is 1.32. The molecule has 16 heteroatoms. The second-order valence-corrected chi connectivity index (χ2v) is 18.6. The van der Waals surface area contributed by atoms with Gasteiger partial charge < -0.3 is 34.8 Å². The lowest BCUT2D eigenvalue weighted by Crippen LogP contribution is -2.59. The molecule has 1 aliphatic carbocycles. The Kier molecular flexibility index (Phi) is 11.7. The van der Waals surface area contributed by atoms with E-state index < -0.39 is 40.1 Å². The summed E-state index contributed by atoms with van der Waals surface area (Å²) in [4.78, 5) is 41.7. The molecule has 3 aliphatic rings. The normalized spacial score (nSPS) is 18.2. The minimum Gasteiger partial charge on any atom is -0.465 e. The molecule has 0 bridgehead atoms. The van der Waals surface area contributed by atoms with Gasteiger partial charge >= 0.3 is 12.2 Å². The van der Waals surface area contributed by atoms with Gasteiger partial charge in [0.1, 0.15) is 0 Å². The Hall–Kier alpha value is -6.41. The molecule has 3 N–H and O–H groups in total. The number of piperidine rings is 1. The van der Waals surface area contributed by atoms with Gasteiger partial charge in [0.15, 0.2) is 12.0 Å². The van der Waals surface area contributed by atoms with Gasteiger partial charge in [0.25, 0.3) is 10.0 Å². The van der Waals surface area contributed by atoms with Crippen LogP contribution in [0.3, 0.4) is 0 Å². The number of carboxylic acid groups (broad SMARTS) is 2. The molecule has 2 aliphatic heterocycles. The van der Waals surface area contributed by atoms with Crippen LogP contribution in [0.2, 0.25) is 0 Å². The number of aromatic nitrogens is 3. The lowest BCUT2D eigenvalue weighted by Gasteiger charge is -2.44. The predicted molar refractivity (Wildman–Crippen MR) is 237 cm³/mol. The number of nitrogens with zero attached hydrogens (tertiary/aromatic N) is 7. The van der Waals surface area contributed by atoms with Crippen molar-refractivity contribution in [3.05, 3.63) is 125 Å². The maximum atomic E-state index is 14.1. The number of likely N-dealkylation sites (N-methyl/N-ethyl adjacent to an activating group) is 2. The third kappa shape index (κ3) is 8.43. The summed E-state index contributed by atoms with van der Waals surface area (Å²) in [6.45, 7) is 2.85. The van der Waals surface area contributed by atoms with Gasteiger partial charge in [-0.1, -0.05) is 54.1 Å². The summed E-state index contributed by atoms with van der Waals surface area (Å²) in [5.41, 5.74) is 3.24. The van der Waals surface area contributed by atoms with E-state index in [2.05, 4.69) is 10.8 Å². The number of aliphatic hydroxyl groups excluding tert-OH is 1. The molecule has 8 rings (SSSR count). The van der Waals surface area contributed by atoms with Gasteiger partial charge in [-0.3, -0.25) is 4.90 Å². The van der Waals surface area contributed by atoms with Crippen LogP contribution in [0.1, 0.15) is 77.9 Å². The summed E-state index contributed by atoms with van der Waals surface area (Å²) in [5.74, 6) is 2.82. The van der Waals surface area contributed by atoms with Crippen molar-refractivity contribution in [3.63, 3.8) is 0 Å². The number of terminal acetylenes is 1. The van der Waals surface area contributed by atoms with E-state index >= 15 is 0 Å². The molecule has 2 amide bonds. The fourth-order valence-electron chi connectivity index (χ4n) is 8.62. The monoisotopic (exact) mass is 873 g/mol. The third-order valence-corrected chi connectivity index (χ3v) is 14.1. The number of rotatable bonds is 13. The van der Waals surface area contributed by atoms with Crippen LogP contribution in [0, 0.1) is 25.2 Å². The number of ether oxygens (including phenoxy) is 1. The van der Waals surface area contributed by atoms with Crippen LogP contribution in [0.15, 0.2) is 96.2 Å². The first-order chi connectivity index (χ1) is 30.1. The topological polar surface area (TPSA) is 182 Å². The number of hydrogen-bond acceptors (Lipinski definition) is 10. The second-order valence-electron chi connectivity index (χ2n) is 16.8. The molecule has 0 radical (unpaired) electrons. The van der Waals surface area contributed by atoms with Crippen molar-refractivity contribution in [2.75, 3.05) is 45.7 Å². The first-order valence-electron chi connectivity index (χ1n) is 20.9. The van der Waals surface area contributed by atoms with Crippen LogP contribution >= 0.6 is 0 Å². The van der Waals surface area contributed by atoms with Crippen LogP contribution in [-0.2, 0) is 14.8 Å². The van der Waals surface area contributed by atoms with Crippen molar-refractivity contribution in [2.45, 2.75) is 67.9 Å². The van der Waals surface area contributed by atoms with Gasteiger partial charge in [0.05, 0.1) is 34.4 Å². The highest BCUT2D eigenvalue weighted by atomic mass is 32.2.